The average molecular weight is 365 g/mol. The van der Waals surface area contributed by atoms with Gasteiger partial charge < -0.3 is 10.2 Å². The first-order valence-corrected chi connectivity index (χ1v) is 8.73. The van der Waals surface area contributed by atoms with E-state index in [9.17, 15) is 4.79 Å². The number of benzene rings is 1. The van der Waals surface area contributed by atoms with Crippen LogP contribution in [-0.2, 0) is 4.79 Å². The van der Waals surface area contributed by atoms with Crippen LogP contribution in [0.15, 0.2) is 46.3 Å². The Morgan fingerprint density at radius 2 is 2.14 bits per heavy atom. The molecule has 110 valence electrons. The second-order valence-corrected chi connectivity index (χ2v) is 7.02. The average Bonchev–Trinajstić information content (AvgIpc) is 3.16. The Bertz CT molecular complexity index is 597. The first-order valence-electron chi connectivity index (χ1n) is 7.06. The van der Waals surface area contributed by atoms with Gasteiger partial charge in [-0.15, -0.1) is 11.3 Å². The van der Waals surface area contributed by atoms with E-state index < -0.39 is 0 Å². The molecule has 1 aromatic carbocycles. The molecule has 1 atom stereocenters. The quantitative estimate of drug-likeness (QED) is 0.877. The molecule has 1 unspecified atom stereocenters. The fourth-order valence-electron chi connectivity index (χ4n) is 2.69. The van der Waals surface area contributed by atoms with Crippen LogP contribution in [0, 0.1) is 0 Å². The van der Waals surface area contributed by atoms with Crippen LogP contribution in [0.1, 0.15) is 23.8 Å². The summed E-state index contributed by atoms with van der Waals surface area (Å²) in [4.78, 5) is 15.8. The topological polar surface area (TPSA) is 32.3 Å². The van der Waals surface area contributed by atoms with E-state index in [2.05, 4.69) is 38.8 Å². The zero-order valence-electron chi connectivity index (χ0n) is 11.6. The molecule has 0 saturated carbocycles. The highest BCUT2D eigenvalue weighted by Gasteiger charge is 2.30. The molecule has 0 aliphatic carbocycles. The molecular formula is C16H17BrN2OS. The molecule has 0 bridgehead atoms. The van der Waals surface area contributed by atoms with Crippen LogP contribution in [0.4, 0.5) is 5.69 Å². The Balaban J connectivity index is 1.61. The van der Waals surface area contributed by atoms with Gasteiger partial charge in [0.15, 0.2) is 0 Å². The van der Waals surface area contributed by atoms with Crippen LogP contribution >= 0.6 is 27.3 Å². The summed E-state index contributed by atoms with van der Waals surface area (Å²) >= 11 is 5.15. The van der Waals surface area contributed by atoms with Crippen molar-refractivity contribution in [2.45, 2.75) is 18.9 Å². The van der Waals surface area contributed by atoms with Gasteiger partial charge in [-0.3, -0.25) is 4.79 Å². The van der Waals surface area contributed by atoms with Crippen molar-refractivity contribution in [2.75, 3.05) is 18.4 Å². The Labute approximate surface area is 137 Å². The Kier molecular flexibility index (Phi) is 4.60. The van der Waals surface area contributed by atoms with Crippen LogP contribution in [0.3, 0.4) is 0 Å². The van der Waals surface area contributed by atoms with Crippen molar-refractivity contribution in [3.63, 3.8) is 0 Å². The number of hydrogen-bond donors (Lipinski definition) is 1. The van der Waals surface area contributed by atoms with Crippen molar-refractivity contribution in [2.24, 2.45) is 0 Å². The number of anilines is 1. The number of halogens is 1. The van der Waals surface area contributed by atoms with E-state index in [1.54, 1.807) is 11.3 Å². The smallest absolute Gasteiger partial charge is 0.242 e. The van der Waals surface area contributed by atoms with Crippen LogP contribution in [0.2, 0.25) is 0 Å². The van der Waals surface area contributed by atoms with Crippen molar-refractivity contribution >= 4 is 38.9 Å². The van der Waals surface area contributed by atoms with Crippen molar-refractivity contribution in [3.05, 3.63) is 51.1 Å². The number of nitrogens with one attached hydrogen (secondary N) is 1. The summed E-state index contributed by atoms with van der Waals surface area (Å²) in [5.74, 6) is 0.175. The van der Waals surface area contributed by atoms with Gasteiger partial charge in [-0.1, -0.05) is 22.0 Å². The van der Waals surface area contributed by atoms with E-state index in [1.807, 2.05) is 29.2 Å². The highest BCUT2D eigenvalue weighted by atomic mass is 79.9. The molecule has 1 amide bonds. The normalized spacial score (nSPS) is 18.0. The summed E-state index contributed by atoms with van der Waals surface area (Å²) in [5.41, 5.74) is 0.971. The minimum atomic E-state index is 0.175. The largest absolute Gasteiger partial charge is 0.376 e. The lowest BCUT2D eigenvalue weighted by Crippen LogP contribution is -2.34. The molecule has 1 aromatic heterocycles. The highest BCUT2D eigenvalue weighted by Crippen LogP contribution is 2.34. The van der Waals surface area contributed by atoms with Crippen molar-refractivity contribution in [1.82, 2.24) is 4.90 Å². The fraction of sp³-hybridized carbons (Fsp3) is 0.312. The van der Waals surface area contributed by atoms with Gasteiger partial charge in [-0.05, 0) is 48.6 Å². The predicted molar refractivity (Wildman–Crippen MR) is 90.6 cm³/mol. The van der Waals surface area contributed by atoms with Crippen LogP contribution in [-0.4, -0.2) is 23.9 Å². The summed E-state index contributed by atoms with van der Waals surface area (Å²) in [6.45, 7) is 1.22. The number of thiophene rings is 1. The number of carbonyl (C=O) groups excluding carboxylic acids is 1. The minimum absolute atomic E-state index is 0.175. The Morgan fingerprint density at radius 3 is 2.86 bits per heavy atom. The third kappa shape index (κ3) is 3.47. The van der Waals surface area contributed by atoms with E-state index in [0.717, 1.165) is 29.5 Å². The minimum Gasteiger partial charge on any atom is -0.376 e. The zero-order valence-corrected chi connectivity index (χ0v) is 14.0. The monoisotopic (exact) mass is 364 g/mol. The molecule has 1 fully saturated rings. The van der Waals surface area contributed by atoms with Gasteiger partial charge >= 0.3 is 0 Å². The second-order valence-electron chi connectivity index (χ2n) is 5.12. The van der Waals surface area contributed by atoms with Crippen molar-refractivity contribution in [3.8, 4) is 0 Å². The van der Waals surface area contributed by atoms with Gasteiger partial charge in [0, 0.05) is 21.6 Å². The van der Waals surface area contributed by atoms with E-state index in [1.165, 1.54) is 4.88 Å². The second kappa shape index (κ2) is 6.62. The fourth-order valence-corrected chi connectivity index (χ4v) is 3.83. The van der Waals surface area contributed by atoms with E-state index >= 15 is 0 Å². The van der Waals surface area contributed by atoms with Gasteiger partial charge in [0.05, 0.1) is 12.6 Å². The van der Waals surface area contributed by atoms with Crippen LogP contribution in [0.25, 0.3) is 0 Å². The third-order valence-electron chi connectivity index (χ3n) is 3.73. The van der Waals surface area contributed by atoms with E-state index in [-0.39, 0.29) is 11.9 Å². The van der Waals surface area contributed by atoms with E-state index in [0.29, 0.717) is 6.54 Å². The van der Waals surface area contributed by atoms with Crippen molar-refractivity contribution in [1.29, 1.82) is 0 Å². The summed E-state index contributed by atoms with van der Waals surface area (Å²) in [6, 6.07) is 12.3. The van der Waals surface area contributed by atoms with Gasteiger partial charge in [0.2, 0.25) is 5.91 Å². The number of carbonyl (C=O) groups is 1. The van der Waals surface area contributed by atoms with Gasteiger partial charge in [-0.25, -0.2) is 0 Å². The molecule has 0 spiro atoms. The lowest BCUT2D eigenvalue weighted by atomic mass is 10.2. The van der Waals surface area contributed by atoms with E-state index in [4.69, 9.17) is 0 Å². The number of amides is 1. The molecule has 2 heterocycles. The molecule has 0 radical (unpaired) electrons. The summed E-state index contributed by atoms with van der Waals surface area (Å²) in [7, 11) is 0. The first kappa shape index (κ1) is 14.6. The lowest BCUT2D eigenvalue weighted by Gasteiger charge is -2.24. The predicted octanol–water partition coefficient (Wildman–Crippen LogP) is 4.29. The van der Waals surface area contributed by atoms with Gasteiger partial charge in [0.1, 0.15) is 0 Å². The summed E-state index contributed by atoms with van der Waals surface area (Å²) in [5, 5.41) is 5.29. The SMILES string of the molecule is O=C(CNc1ccc(Br)cc1)N1CCCC1c1cccs1. The zero-order chi connectivity index (χ0) is 14.7. The number of nitrogens with zero attached hydrogens (tertiary/aromatic N) is 1. The van der Waals surface area contributed by atoms with Gasteiger partial charge in [-0.2, -0.15) is 0 Å². The Morgan fingerprint density at radius 1 is 1.33 bits per heavy atom. The molecule has 2 aromatic rings. The summed E-state index contributed by atoms with van der Waals surface area (Å²) < 4.78 is 1.04. The molecule has 1 saturated heterocycles. The van der Waals surface area contributed by atoms with Crippen molar-refractivity contribution < 1.29 is 4.79 Å². The standard InChI is InChI=1S/C16H17BrN2OS/c17-12-5-7-13(8-6-12)18-11-16(20)19-9-1-3-14(19)15-4-2-10-21-15/h2,4-8,10,14,18H,1,3,9,11H2. The van der Waals surface area contributed by atoms with Crippen LogP contribution < -0.4 is 5.32 Å². The van der Waals surface area contributed by atoms with Crippen LogP contribution in [0.5, 0.6) is 0 Å². The first-order chi connectivity index (χ1) is 10.2. The molecule has 1 aliphatic rings. The molecule has 1 N–H and O–H groups in total. The molecular weight excluding hydrogens is 348 g/mol. The number of hydrogen-bond acceptors (Lipinski definition) is 3. The maximum Gasteiger partial charge on any atom is 0.242 e. The molecule has 21 heavy (non-hydrogen) atoms. The third-order valence-corrected chi connectivity index (χ3v) is 5.23. The maximum atomic E-state index is 12.4. The highest BCUT2D eigenvalue weighted by molar-refractivity contribution is 9.10. The summed E-state index contributed by atoms with van der Waals surface area (Å²) in [6.07, 6.45) is 2.16. The molecule has 3 rings (SSSR count). The molecule has 3 nitrogen and oxygen atoms in total. The number of rotatable bonds is 4. The Hall–Kier alpha value is -1.33. The molecule has 5 heteroatoms. The number of likely N-dealkylation sites (tertiary alicyclic amines) is 1. The molecule has 1 aliphatic heterocycles. The maximum absolute atomic E-state index is 12.4. The van der Waals surface area contributed by atoms with Gasteiger partial charge in [0.25, 0.3) is 0 Å². The lowest BCUT2D eigenvalue weighted by molar-refractivity contribution is -0.130.